The summed E-state index contributed by atoms with van der Waals surface area (Å²) in [6, 6.07) is 18.0. The van der Waals surface area contributed by atoms with E-state index in [9.17, 15) is 9.59 Å². The Hall–Kier alpha value is -2.92. The summed E-state index contributed by atoms with van der Waals surface area (Å²) in [4.78, 5) is 26.6. The lowest BCUT2D eigenvalue weighted by molar-refractivity contribution is -0.139. The van der Waals surface area contributed by atoms with E-state index in [2.05, 4.69) is 5.32 Å². The van der Waals surface area contributed by atoms with Crippen molar-refractivity contribution in [2.24, 2.45) is 0 Å². The molecular weight excluding hydrogens is 316 g/mol. The van der Waals surface area contributed by atoms with Gasteiger partial charge in [0.15, 0.2) is 0 Å². The second-order valence-corrected chi connectivity index (χ2v) is 5.73. The van der Waals surface area contributed by atoms with Gasteiger partial charge in [0, 0.05) is 12.1 Å². The molecule has 0 aliphatic carbocycles. The molecule has 0 aliphatic rings. The summed E-state index contributed by atoms with van der Waals surface area (Å²) >= 11 is 0. The molecule has 2 aromatic carbocycles. The van der Waals surface area contributed by atoms with Gasteiger partial charge in [-0.25, -0.2) is 4.79 Å². The summed E-state index contributed by atoms with van der Waals surface area (Å²) in [5.41, 5.74) is 1.39. The summed E-state index contributed by atoms with van der Waals surface area (Å²) in [6.07, 6.45) is 1.61. The monoisotopic (exact) mass is 338 g/mol. The third-order valence-corrected chi connectivity index (χ3v) is 3.39. The summed E-state index contributed by atoms with van der Waals surface area (Å²) in [5, 5.41) is 2.65. The number of hydrogen-bond donors (Lipinski definition) is 1. The van der Waals surface area contributed by atoms with Crippen molar-refractivity contribution >= 4 is 18.0 Å². The quantitative estimate of drug-likeness (QED) is 0.623. The van der Waals surface area contributed by atoms with E-state index in [0.29, 0.717) is 12.1 Å². The fourth-order valence-electron chi connectivity index (χ4n) is 2.04. The highest BCUT2D eigenvalue weighted by molar-refractivity contribution is 6.03. The zero-order chi connectivity index (χ0) is 18.1. The number of nitrogens with zero attached hydrogens (tertiary/aromatic N) is 1. The van der Waals surface area contributed by atoms with Crippen molar-refractivity contribution in [3.8, 4) is 0 Å². The number of likely N-dealkylation sites (N-methyl/N-ethyl adjacent to an activating group) is 1. The third-order valence-electron chi connectivity index (χ3n) is 3.39. The van der Waals surface area contributed by atoms with E-state index in [1.807, 2.05) is 55.4 Å². The zero-order valence-corrected chi connectivity index (χ0v) is 14.4. The van der Waals surface area contributed by atoms with Crippen LogP contribution in [0.1, 0.15) is 15.9 Å². The fraction of sp³-hybridized carbons (Fsp3) is 0.200. The molecule has 2 rings (SSSR count). The first-order valence-corrected chi connectivity index (χ1v) is 8.01. The van der Waals surface area contributed by atoms with Crippen LogP contribution in [0.3, 0.4) is 0 Å². The van der Waals surface area contributed by atoms with Crippen molar-refractivity contribution in [2.45, 2.75) is 0 Å². The second-order valence-electron chi connectivity index (χ2n) is 5.73. The number of amides is 1. The van der Waals surface area contributed by atoms with Gasteiger partial charge >= 0.3 is 5.97 Å². The Labute approximate surface area is 147 Å². The van der Waals surface area contributed by atoms with Crippen molar-refractivity contribution in [1.82, 2.24) is 10.2 Å². The maximum absolute atomic E-state index is 12.4. The highest BCUT2D eigenvalue weighted by Crippen LogP contribution is 2.08. The Morgan fingerprint density at radius 2 is 1.60 bits per heavy atom. The summed E-state index contributed by atoms with van der Waals surface area (Å²) in [7, 11) is 3.79. The lowest BCUT2D eigenvalue weighted by Crippen LogP contribution is -2.30. The largest absolute Gasteiger partial charge is 0.460 e. The van der Waals surface area contributed by atoms with Crippen LogP contribution >= 0.6 is 0 Å². The minimum absolute atomic E-state index is 0.110. The second kappa shape index (κ2) is 9.39. The Balaban J connectivity index is 2.16. The first-order chi connectivity index (χ1) is 12.1. The molecule has 2 aromatic rings. The lowest BCUT2D eigenvalue weighted by Gasteiger charge is -2.13. The number of benzene rings is 2. The van der Waals surface area contributed by atoms with Gasteiger partial charge in [0.25, 0.3) is 5.91 Å². The molecule has 25 heavy (non-hydrogen) atoms. The van der Waals surface area contributed by atoms with Crippen LogP contribution in [-0.4, -0.2) is 44.0 Å². The lowest BCUT2D eigenvalue weighted by atomic mass is 10.1. The summed E-state index contributed by atoms with van der Waals surface area (Å²) in [6.45, 7) is 0.857. The Bertz CT molecular complexity index is 725. The predicted molar refractivity (Wildman–Crippen MR) is 97.8 cm³/mol. The molecule has 0 spiro atoms. The molecule has 0 atom stereocenters. The van der Waals surface area contributed by atoms with Gasteiger partial charge in [-0.15, -0.1) is 0 Å². The van der Waals surface area contributed by atoms with Crippen molar-refractivity contribution < 1.29 is 14.3 Å². The van der Waals surface area contributed by atoms with Gasteiger partial charge in [0.1, 0.15) is 12.3 Å². The molecule has 0 aromatic heterocycles. The van der Waals surface area contributed by atoms with Gasteiger partial charge in [0.05, 0.1) is 0 Å². The Morgan fingerprint density at radius 3 is 2.20 bits per heavy atom. The van der Waals surface area contributed by atoms with Gasteiger partial charge in [0.2, 0.25) is 0 Å². The summed E-state index contributed by atoms with van der Waals surface area (Å²) < 4.78 is 5.26. The molecule has 130 valence electrons. The Morgan fingerprint density at radius 1 is 1.00 bits per heavy atom. The van der Waals surface area contributed by atoms with Crippen LogP contribution in [0.2, 0.25) is 0 Å². The molecule has 5 heteroatoms. The normalized spacial score (nSPS) is 11.2. The Kier molecular flexibility index (Phi) is 6.92. The van der Waals surface area contributed by atoms with Crippen LogP contribution in [-0.2, 0) is 9.53 Å². The van der Waals surface area contributed by atoms with E-state index in [1.165, 1.54) is 0 Å². The third kappa shape index (κ3) is 6.24. The topological polar surface area (TPSA) is 58.6 Å². The molecular formula is C20H22N2O3. The van der Waals surface area contributed by atoms with Crippen molar-refractivity contribution in [1.29, 1.82) is 0 Å². The minimum Gasteiger partial charge on any atom is -0.460 e. The van der Waals surface area contributed by atoms with E-state index >= 15 is 0 Å². The van der Waals surface area contributed by atoms with Gasteiger partial charge in [-0.05, 0) is 37.9 Å². The number of hydrogen-bond acceptors (Lipinski definition) is 4. The van der Waals surface area contributed by atoms with Crippen LogP contribution in [0.4, 0.5) is 0 Å². The molecule has 0 heterocycles. The first-order valence-electron chi connectivity index (χ1n) is 8.01. The summed E-state index contributed by atoms with van der Waals surface area (Å²) in [5.74, 6) is -0.915. The minimum atomic E-state index is -0.560. The molecule has 0 fully saturated rings. The molecule has 1 amide bonds. The molecule has 0 bridgehead atoms. The molecule has 0 saturated heterocycles. The molecule has 0 aliphatic heterocycles. The van der Waals surface area contributed by atoms with Crippen LogP contribution < -0.4 is 5.32 Å². The van der Waals surface area contributed by atoms with Crippen LogP contribution in [0.5, 0.6) is 0 Å². The fourth-order valence-corrected chi connectivity index (χ4v) is 2.04. The molecule has 0 unspecified atom stereocenters. The van der Waals surface area contributed by atoms with Gasteiger partial charge < -0.3 is 15.0 Å². The number of esters is 1. The maximum atomic E-state index is 12.4. The molecule has 1 N–H and O–H groups in total. The van der Waals surface area contributed by atoms with E-state index in [1.54, 1.807) is 30.3 Å². The highest BCUT2D eigenvalue weighted by Gasteiger charge is 2.16. The van der Waals surface area contributed by atoms with Crippen LogP contribution in [0, 0.1) is 0 Å². The van der Waals surface area contributed by atoms with Gasteiger partial charge in [-0.2, -0.15) is 0 Å². The van der Waals surface area contributed by atoms with E-state index < -0.39 is 5.97 Å². The van der Waals surface area contributed by atoms with Crippen LogP contribution in [0.25, 0.3) is 6.08 Å². The van der Waals surface area contributed by atoms with Crippen molar-refractivity contribution in [2.75, 3.05) is 27.2 Å². The maximum Gasteiger partial charge on any atom is 0.354 e. The number of ether oxygens (including phenoxy) is 1. The molecule has 0 radical (unpaired) electrons. The van der Waals surface area contributed by atoms with E-state index in [0.717, 1.165) is 5.56 Å². The highest BCUT2D eigenvalue weighted by atomic mass is 16.5. The number of rotatable bonds is 7. The predicted octanol–water partition coefficient (Wildman–Crippen LogP) is 2.56. The smallest absolute Gasteiger partial charge is 0.354 e. The molecule has 5 nitrogen and oxygen atoms in total. The molecule has 0 saturated carbocycles. The van der Waals surface area contributed by atoms with Crippen LogP contribution in [0.15, 0.2) is 66.4 Å². The van der Waals surface area contributed by atoms with E-state index in [4.69, 9.17) is 4.74 Å². The first kappa shape index (κ1) is 18.4. The van der Waals surface area contributed by atoms with Crippen molar-refractivity contribution in [3.05, 3.63) is 77.5 Å². The standard InChI is InChI=1S/C20H22N2O3/c1-22(2)13-14-25-20(24)18(15-16-9-5-3-6-10-16)21-19(23)17-11-7-4-8-12-17/h3-12,15H,13-14H2,1-2H3,(H,21,23)/b18-15+. The van der Waals surface area contributed by atoms with Gasteiger partial charge in [-0.3, -0.25) is 4.79 Å². The van der Waals surface area contributed by atoms with Gasteiger partial charge in [-0.1, -0.05) is 48.5 Å². The average Bonchev–Trinajstić information content (AvgIpc) is 2.62. The van der Waals surface area contributed by atoms with E-state index in [-0.39, 0.29) is 18.2 Å². The number of carbonyl (C=O) groups is 2. The number of nitrogens with one attached hydrogen (secondary N) is 1. The number of carbonyl (C=O) groups excluding carboxylic acids is 2. The zero-order valence-electron chi connectivity index (χ0n) is 14.4. The SMILES string of the molecule is CN(C)CCOC(=O)/C(=C\c1ccccc1)NC(=O)c1ccccc1. The average molecular weight is 338 g/mol. The van der Waals surface area contributed by atoms with Crippen molar-refractivity contribution in [3.63, 3.8) is 0 Å².